The van der Waals surface area contributed by atoms with Gasteiger partial charge in [0.15, 0.2) is 0 Å². The summed E-state index contributed by atoms with van der Waals surface area (Å²) in [6.45, 7) is 5.56. The van der Waals surface area contributed by atoms with E-state index in [1.165, 1.54) is 0 Å². The smallest absolute Gasteiger partial charge is 0.317 e. The number of ether oxygens (including phenoxy) is 1. The quantitative estimate of drug-likeness (QED) is 0.714. The van der Waals surface area contributed by atoms with Crippen molar-refractivity contribution in [3.8, 4) is 6.01 Å². The molecule has 2 aromatic heterocycles. The zero-order valence-electron chi connectivity index (χ0n) is 15.8. The lowest BCUT2D eigenvalue weighted by Gasteiger charge is -2.32. The fourth-order valence-electron chi connectivity index (χ4n) is 3.68. The average molecular weight is 364 g/mol. The van der Waals surface area contributed by atoms with Crippen LogP contribution in [0.2, 0.25) is 0 Å². The minimum Gasteiger partial charge on any atom is -0.458 e. The number of carbonyl (C=O) groups is 1. The highest BCUT2D eigenvalue weighted by molar-refractivity contribution is 5.83. The molecule has 1 saturated heterocycles. The Kier molecular flexibility index (Phi) is 4.79. The Hall–Kier alpha value is -2.89. The van der Waals surface area contributed by atoms with Crippen molar-refractivity contribution in [3.05, 3.63) is 54.0 Å². The van der Waals surface area contributed by atoms with E-state index >= 15 is 0 Å². The van der Waals surface area contributed by atoms with Crippen molar-refractivity contribution in [2.45, 2.75) is 39.3 Å². The normalized spacial score (nSPS) is 17.3. The first-order valence-corrected chi connectivity index (χ1v) is 9.39. The maximum Gasteiger partial charge on any atom is 0.317 e. The third-order valence-electron chi connectivity index (χ3n) is 4.95. The number of nitrogens with zero attached hydrogens (tertiary/aromatic N) is 4. The van der Waals surface area contributed by atoms with Crippen LogP contribution in [0.4, 0.5) is 0 Å². The molecule has 3 heterocycles. The highest BCUT2D eigenvalue weighted by Gasteiger charge is 2.26. The minimum atomic E-state index is -0.0645. The molecule has 1 atom stereocenters. The molecule has 0 radical (unpaired) electrons. The van der Waals surface area contributed by atoms with E-state index in [2.05, 4.69) is 16.0 Å². The molecule has 0 bridgehead atoms. The summed E-state index contributed by atoms with van der Waals surface area (Å²) >= 11 is 0. The Morgan fingerprint density at radius 2 is 1.96 bits per heavy atom. The summed E-state index contributed by atoms with van der Waals surface area (Å²) in [6, 6.07) is 12.5. The third-order valence-corrected chi connectivity index (χ3v) is 4.95. The lowest BCUT2D eigenvalue weighted by Crippen LogP contribution is -2.45. The van der Waals surface area contributed by atoms with Gasteiger partial charge in [-0.2, -0.15) is 0 Å². The van der Waals surface area contributed by atoms with Gasteiger partial charge in [-0.1, -0.05) is 18.2 Å². The van der Waals surface area contributed by atoms with Crippen molar-refractivity contribution in [1.82, 2.24) is 19.4 Å². The number of aromatic nitrogens is 3. The van der Waals surface area contributed by atoms with Gasteiger partial charge < -0.3 is 14.2 Å². The standard InChI is InChI=1S/C21H24N4O2/c1-15-12-16(2)23-21(22-15)27-18-7-5-10-25(13-18)20(26)14-24-11-9-17-6-3-4-8-19(17)24/h3-4,6,8-9,11-12,18H,5,7,10,13-14H2,1-2H3. The van der Waals surface area contributed by atoms with Crippen LogP contribution in [-0.4, -0.2) is 44.5 Å². The fraction of sp³-hybridized carbons (Fsp3) is 0.381. The summed E-state index contributed by atoms with van der Waals surface area (Å²) < 4.78 is 7.99. The number of fused-ring (bicyclic) bond motifs is 1. The Morgan fingerprint density at radius 1 is 1.19 bits per heavy atom. The topological polar surface area (TPSA) is 60.2 Å². The van der Waals surface area contributed by atoms with E-state index in [1.807, 2.05) is 59.8 Å². The van der Waals surface area contributed by atoms with Gasteiger partial charge in [0.05, 0.1) is 6.54 Å². The molecule has 0 spiro atoms. The number of likely N-dealkylation sites (tertiary alicyclic amines) is 1. The molecule has 1 fully saturated rings. The Balaban J connectivity index is 1.42. The van der Waals surface area contributed by atoms with Gasteiger partial charge in [0.1, 0.15) is 12.6 Å². The van der Waals surface area contributed by atoms with Crippen LogP contribution in [0, 0.1) is 13.8 Å². The minimum absolute atomic E-state index is 0.0645. The van der Waals surface area contributed by atoms with Crippen LogP contribution in [-0.2, 0) is 11.3 Å². The SMILES string of the molecule is Cc1cc(C)nc(OC2CCCN(C(=O)Cn3ccc4ccccc43)C2)n1. The van der Waals surface area contributed by atoms with Gasteiger partial charge in [0, 0.05) is 29.6 Å². The average Bonchev–Trinajstić information content (AvgIpc) is 3.04. The van der Waals surface area contributed by atoms with Gasteiger partial charge in [-0.25, -0.2) is 9.97 Å². The van der Waals surface area contributed by atoms with Gasteiger partial charge >= 0.3 is 6.01 Å². The molecule has 0 aliphatic carbocycles. The number of piperidine rings is 1. The van der Waals surface area contributed by atoms with E-state index in [0.717, 1.165) is 41.7 Å². The summed E-state index contributed by atoms with van der Waals surface area (Å²) in [4.78, 5) is 23.4. The Labute approximate surface area is 158 Å². The molecule has 1 amide bonds. The maximum absolute atomic E-state index is 12.8. The highest BCUT2D eigenvalue weighted by atomic mass is 16.5. The van der Waals surface area contributed by atoms with Gasteiger partial charge in [-0.05, 0) is 50.3 Å². The first-order valence-electron chi connectivity index (χ1n) is 9.39. The lowest BCUT2D eigenvalue weighted by atomic mass is 10.1. The predicted octanol–water partition coefficient (Wildman–Crippen LogP) is 3.12. The molecular formula is C21H24N4O2. The predicted molar refractivity (Wildman–Crippen MR) is 104 cm³/mol. The van der Waals surface area contributed by atoms with Crippen molar-refractivity contribution in [2.75, 3.05) is 13.1 Å². The van der Waals surface area contributed by atoms with E-state index in [-0.39, 0.29) is 12.0 Å². The van der Waals surface area contributed by atoms with Crippen LogP contribution >= 0.6 is 0 Å². The zero-order valence-corrected chi connectivity index (χ0v) is 15.8. The molecule has 4 rings (SSSR count). The number of amides is 1. The van der Waals surface area contributed by atoms with Crippen LogP contribution in [0.3, 0.4) is 0 Å². The fourth-order valence-corrected chi connectivity index (χ4v) is 3.68. The summed E-state index contributed by atoms with van der Waals surface area (Å²) in [5.41, 5.74) is 2.86. The van der Waals surface area contributed by atoms with E-state index < -0.39 is 0 Å². The second-order valence-corrected chi connectivity index (χ2v) is 7.16. The molecule has 1 aliphatic heterocycles. The van der Waals surface area contributed by atoms with E-state index in [4.69, 9.17) is 4.74 Å². The van der Waals surface area contributed by atoms with Crippen LogP contribution in [0.15, 0.2) is 42.6 Å². The summed E-state index contributed by atoms with van der Waals surface area (Å²) in [5, 5.41) is 1.15. The number of hydrogen-bond acceptors (Lipinski definition) is 4. The molecule has 1 aromatic carbocycles. The monoisotopic (exact) mass is 364 g/mol. The largest absolute Gasteiger partial charge is 0.458 e. The van der Waals surface area contributed by atoms with Gasteiger partial charge in [0.25, 0.3) is 0 Å². The number of para-hydroxylation sites is 1. The maximum atomic E-state index is 12.8. The van der Waals surface area contributed by atoms with Crippen molar-refractivity contribution >= 4 is 16.8 Å². The van der Waals surface area contributed by atoms with Gasteiger partial charge in [-0.3, -0.25) is 4.79 Å². The van der Waals surface area contributed by atoms with Crippen molar-refractivity contribution < 1.29 is 9.53 Å². The van der Waals surface area contributed by atoms with Crippen molar-refractivity contribution in [3.63, 3.8) is 0 Å². The highest BCUT2D eigenvalue weighted by Crippen LogP contribution is 2.19. The van der Waals surface area contributed by atoms with E-state index in [9.17, 15) is 4.79 Å². The molecule has 0 N–H and O–H groups in total. The summed E-state index contributed by atoms with van der Waals surface area (Å²) in [5.74, 6) is 0.117. The van der Waals surface area contributed by atoms with Gasteiger partial charge in [-0.15, -0.1) is 0 Å². The van der Waals surface area contributed by atoms with E-state index in [1.54, 1.807) is 0 Å². The molecule has 6 nitrogen and oxygen atoms in total. The second-order valence-electron chi connectivity index (χ2n) is 7.16. The van der Waals surface area contributed by atoms with E-state index in [0.29, 0.717) is 19.1 Å². The number of hydrogen-bond donors (Lipinski definition) is 0. The van der Waals surface area contributed by atoms with Crippen molar-refractivity contribution in [1.29, 1.82) is 0 Å². The molecule has 140 valence electrons. The molecule has 6 heteroatoms. The Morgan fingerprint density at radius 3 is 2.78 bits per heavy atom. The molecule has 3 aromatic rings. The lowest BCUT2D eigenvalue weighted by molar-refractivity contribution is -0.134. The summed E-state index contributed by atoms with van der Waals surface area (Å²) in [7, 11) is 0. The van der Waals surface area contributed by atoms with Crippen LogP contribution in [0.25, 0.3) is 10.9 Å². The first kappa shape index (κ1) is 17.5. The van der Waals surface area contributed by atoms with Gasteiger partial charge in [0.2, 0.25) is 5.91 Å². The van der Waals surface area contributed by atoms with Crippen LogP contribution in [0.1, 0.15) is 24.2 Å². The van der Waals surface area contributed by atoms with Crippen molar-refractivity contribution in [2.24, 2.45) is 0 Å². The molecule has 27 heavy (non-hydrogen) atoms. The molecular weight excluding hydrogens is 340 g/mol. The third kappa shape index (κ3) is 3.94. The second kappa shape index (κ2) is 7.39. The number of benzene rings is 1. The zero-order chi connectivity index (χ0) is 18.8. The van der Waals surface area contributed by atoms with Crippen LogP contribution in [0.5, 0.6) is 6.01 Å². The molecule has 1 aliphatic rings. The molecule has 0 saturated carbocycles. The number of carbonyl (C=O) groups excluding carboxylic acids is 1. The summed E-state index contributed by atoms with van der Waals surface area (Å²) in [6.07, 6.45) is 3.75. The van der Waals surface area contributed by atoms with Crippen LogP contribution < -0.4 is 4.74 Å². The first-order chi connectivity index (χ1) is 13.1. The number of rotatable bonds is 4. The number of aryl methyl sites for hydroxylation is 2. The molecule has 1 unspecified atom stereocenters. The Bertz CT molecular complexity index is 945.